The molecule has 0 aromatic rings. The van der Waals surface area contributed by atoms with Crippen molar-refractivity contribution in [2.24, 2.45) is 11.0 Å². The molecule has 0 amide bonds. The third kappa shape index (κ3) is 1.38. The number of nitrogens with zero attached hydrogens (tertiary/aromatic N) is 2. The van der Waals surface area contributed by atoms with Gasteiger partial charge in [0, 0.05) is 25.3 Å². The molecule has 11 heavy (non-hydrogen) atoms. The van der Waals surface area contributed by atoms with E-state index in [9.17, 15) is 0 Å². The van der Waals surface area contributed by atoms with Crippen molar-refractivity contribution in [3.8, 4) is 0 Å². The van der Waals surface area contributed by atoms with E-state index < -0.39 is 0 Å². The van der Waals surface area contributed by atoms with Gasteiger partial charge in [0.15, 0.2) is 0 Å². The lowest BCUT2D eigenvalue weighted by molar-refractivity contribution is 0.150. The fourth-order valence-corrected chi connectivity index (χ4v) is 1.59. The van der Waals surface area contributed by atoms with Crippen LogP contribution in [0.15, 0.2) is 5.10 Å². The van der Waals surface area contributed by atoms with Gasteiger partial charge >= 0.3 is 0 Å². The Morgan fingerprint density at radius 3 is 3.09 bits per heavy atom. The normalized spacial score (nSPS) is 37.0. The van der Waals surface area contributed by atoms with E-state index in [1.54, 1.807) is 0 Å². The third-order valence-corrected chi connectivity index (χ3v) is 2.27. The lowest BCUT2D eigenvalue weighted by Crippen LogP contribution is -2.30. The number of ether oxygens (including phenoxy) is 1. The Balaban J connectivity index is 1.91. The Morgan fingerprint density at radius 1 is 1.64 bits per heavy atom. The topological polar surface area (TPSA) is 24.8 Å². The van der Waals surface area contributed by atoms with Gasteiger partial charge in [0.1, 0.15) is 0 Å². The summed E-state index contributed by atoms with van der Waals surface area (Å²) in [7, 11) is 0. The highest BCUT2D eigenvalue weighted by atomic mass is 16.5. The number of hydrogen-bond donors (Lipinski definition) is 0. The fourth-order valence-electron chi connectivity index (χ4n) is 1.59. The average Bonchev–Trinajstić information content (AvgIpc) is 2.55. The van der Waals surface area contributed by atoms with Crippen molar-refractivity contribution < 1.29 is 4.74 Å². The van der Waals surface area contributed by atoms with Crippen LogP contribution in [-0.2, 0) is 4.74 Å². The van der Waals surface area contributed by atoms with Crippen LogP contribution in [0.25, 0.3) is 0 Å². The molecule has 0 aliphatic carbocycles. The van der Waals surface area contributed by atoms with Crippen LogP contribution in [0, 0.1) is 5.92 Å². The molecule has 0 aromatic carbocycles. The summed E-state index contributed by atoms with van der Waals surface area (Å²) in [6.07, 6.45) is 3.17. The minimum Gasteiger partial charge on any atom is -0.379 e. The van der Waals surface area contributed by atoms with Crippen molar-refractivity contribution in [3.05, 3.63) is 0 Å². The van der Waals surface area contributed by atoms with Crippen LogP contribution in [0.5, 0.6) is 0 Å². The molecule has 1 saturated heterocycles. The largest absolute Gasteiger partial charge is 0.379 e. The van der Waals surface area contributed by atoms with Gasteiger partial charge in [-0.05, 0) is 6.42 Å². The molecule has 0 aromatic heterocycles. The van der Waals surface area contributed by atoms with Gasteiger partial charge in [-0.1, -0.05) is 6.92 Å². The monoisotopic (exact) mass is 154 g/mol. The highest BCUT2D eigenvalue weighted by Gasteiger charge is 2.25. The van der Waals surface area contributed by atoms with E-state index in [2.05, 4.69) is 17.0 Å². The number of hydrogen-bond acceptors (Lipinski definition) is 3. The zero-order valence-electron chi connectivity index (χ0n) is 6.86. The van der Waals surface area contributed by atoms with Crippen molar-refractivity contribution >= 4 is 6.21 Å². The maximum atomic E-state index is 5.29. The quantitative estimate of drug-likeness (QED) is 0.555. The van der Waals surface area contributed by atoms with Crippen LogP contribution in [0.1, 0.15) is 13.3 Å². The molecule has 2 unspecified atom stereocenters. The van der Waals surface area contributed by atoms with Gasteiger partial charge < -0.3 is 4.74 Å². The zero-order valence-corrected chi connectivity index (χ0v) is 6.86. The van der Waals surface area contributed by atoms with Crippen LogP contribution in [-0.4, -0.2) is 37.0 Å². The smallest absolute Gasteiger partial charge is 0.0726 e. The maximum absolute atomic E-state index is 5.29. The second kappa shape index (κ2) is 2.81. The lowest BCUT2D eigenvalue weighted by Gasteiger charge is -2.20. The van der Waals surface area contributed by atoms with E-state index in [1.165, 1.54) is 0 Å². The zero-order chi connectivity index (χ0) is 7.68. The molecular formula is C8H14N2O. The van der Waals surface area contributed by atoms with E-state index in [4.69, 9.17) is 4.74 Å². The van der Waals surface area contributed by atoms with E-state index in [-0.39, 0.29) is 0 Å². The molecular weight excluding hydrogens is 140 g/mol. The Bertz CT molecular complexity index is 163. The van der Waals surface area contributed by atoms with E-state index in [0.717, 1.165) is 26.2 Å². The summed E-state index contributed by atoms with van der Waals surface area (Å²) in [5, 5.41) is 6.49. The molecule has 1 fully saturated rings. The van der Waals surface area contributed by atoms with Gasteiger partial charge in [-0.25, -0.2) is 0 Å². The molecule has 0 N–H and O–H groups in total. The summed E-state index contributed by atoms with van der Waals surface area (Å²) in [5.74, 6) is 0.621. The number of rotatable bonds is 1. The van der Waals surface area contributed by atoms with Gasteiger partial charge in [0.25, 0.3) is 0 Å². The standard InChI is InChI=1S/C8H14N2O/c1-7-4-9-10(5-7)8-2-3-11-6-8/h4,7-8H,2-3,5-6H2,1H3. The van der Waals surface area contributed by atoms with E-state index in [1.807, 2.05) is 6.21 Å². The highest BCUT2D eigenvalue weighted by molar-refractivity contribution is 5.61. The minimum atomic E-state index is 0.552. The first kappa shape index (κ1) is 7.10. The molecule has 0 spiro atoms. The van der Waals surface area contributed by atoms with Crippen LogP contribution >= 0.6 is 0 Å². The Labute approximate surface area is 67.0 Å². The van der Waals surface area contributed by atoms with Gasteiger partial charge in [-0.3, -0.25) is 5.01 Å². The molecule has 2 aliphatic rings. The van der Waals surface area contributed by atoms with Crippen molar-refractivity contribution in [1.82, 2.24) is 5.01 Å². The first-order valence-corrected chi connectivity index (χ1v) is 4.25. The molecule has 3 nitrogen and oxygen atoms in total. The van der Waals surface area contributed by atoms with Crippen molar-refractivity contribution in [3.63, 3.8) is 0 Å². The lowest BCUT2D eigenvalue weighted by atomic mass is 10.2. The van der Waals surface area contributed by atoms with Crippen LogP contribution < -0.4 is 0 Å². The van der Waals surface area contributed by atoms with Crippen LogP contribution in [0.3, 0.4) is 0 Å². The summed E-state index contributed by atoms with van der Waals surface area (Å²) in [4.78, 5) is 0. The maximum Gasteiger partial charge on any atom is 0.0726 e. The Morgan fingerprint density at radius 2 is 2.55 bits per heavy atom. The molecule has 0 radical (unpaired) electrons. The fraction of sp³-hybridized carbons (Fsp3) is 0.875. The third-order valence-electron chi connectivity index (χ3n) is 2.27. The van der Waals surface area contributed by atoms with Crippen LogP contribution in [0.2, 0.25) is 0 Å². The molecule has 3 heteroatoms. The van der Waals surface area contributed by atoms with E-state index >= 15 is 0 Å². The first-order valence-electron chi connectivity index (χ1n) is 4.25. The summed E-state index contributed by atoms with van der Waals surface area (Å²) < 4.78 is 5.29. The Hall–Kier alpha value is -0.570. The second-order valence-corrected chi connectivity index (χ2v) is 3.38. The van der Waals surface area contributed by atoms with E-state index in [0.29, 0.717) is 12.0 Å². The number of hydrazone groups is 1. The Kier molecular flexibility index (Phi) is 1.82. The summed E-state index contributed by atoms with van der Waals surface area (Å²) >= 11 is 0. The molecule has 2 atom stereocenters. The van der Waals surface area contributed by atoms with Crippen molar-refractivity contribution in [2.45, 2.75) is 19.4 Å². The summed E-state index contributed by atoms with van der Waals surface area (Å²) in [6.45, 7) is 5.04. The second-order valence-electron chi connectivity index (χ2n) is 3.38. The SMILES string of the molecule is CC1C=NN(C2CCOC2)C1. The highest BCUT2D eigenvalue weighted by Crippen LogP contribution is 2.17. The van der Waals surface area contributed by atoms with Gasteiger partial charge in [-0.15, -0.1) is 0 Å². The predicted molar refractivity (Wildman–Crippen MR) is 43.6 cm³/mol. The van der Waals surface area contributed by atoms with Gasteiger partial charge in [0.05, 0.1) is 12.6 Å². The summed E-state index contributed by atoms with van der Waals surface area (Å²) in [5.41, 5.74) is 0. The molecule has 2 heterocycles. The molecule has 2 rings (SSSR count). The average molecular weight is 154 g/mol. The van der Waals surface area contributed by atoms with Gasteiger partial charge in [-0.2, -0.15) is 5.10 Å². The van der Waals surface area contributed by atoms with Crippen LogP contribution in [0.4, 0.5) is 0 Å². The predicted octanol–water partition coefficient (Wildman–Crippen LogP) is 0.713. The molecule has 0 saturated carbocycles. The van der Waals surface area contributed by atoms with Gasteiger partial charge in [0.2, 0.25) is 0 Å². The molecule has 62 valence electrons. The molecule has 0 bridgehead atoms. The molecule has 2 aliphatic heterocycles. The van der Waals surface area contributed by atoms with Crippen molar-refractivity contribution in [2.75, 3.05) is 19.8 Å². The summed E-state index contributed by atoms with van der Waals surface area (Å²) in [6, 6.07) is 0.552. The minimum absolute atomic E-state index is 0.552. The first-order chi connectivity index (χ1) is 5.36. The van der Waals surface area contributed by atoms with Crippen molar-refractivity contribution in [1.29, 1.82) is 0 Å².